The van der Waals surface area contributed by atoms with Crippen molar-refractivity contribution in [1.29, 1.82) is 0 Å². The number of ether oxygens (including phenoxy) is 1. The summed E-state index contributed by atoms with van der Waals surface area (Å²) in [5.41, 5.74) is -1.22. The number of hydrogen-bond acceptors (Lipinski definition) is 1. The molecule has 0 aliphatic heterocycles. The Morgan fingerprint density at radius 1 is 1.14 bits per heavy atom. The van der Waals surface area contributed by atoms with Crippen LogP contribution in [-0.4, -0.2) is 7.11 Å². The van der Waals surface area contributed by atoms with Gasteiger partial charge in [0.25, 0.3) is 6.43 Å². The first-order valence-electron chi connectivity index (χ1n) is 3.48. The van der Waals surface area contributed by atoms with Gasteiger partial charge in [-0.2, -0.15) is 4.39 Å². The van der Waals surface area contributed by atoms with Gasteiger partial charge in [-0.05, 0) is 6.07 Å². The molecule has 0 aliphatic carbocycles. The third-order valence-electron chi connectivity index (χ3n) is 1.58. The van der Waals surface area contributed by atoms with Gasteiger partial charge >= 0.3 is 0 Å². The van der Waals surface area contributed by atoms with E-state index in [0.717, 1.165) is 7.11 Å². The smallest absolute Gasteiger partial charge is 0.266 e. The van der Waals surface area contributed by atoms with Crippen LogP contribution in [0.3, 0.4) is 0 Å². The largest absolute Gasteiger partial charge is 0.491 e. The Kier molecular flexibility index (Phi) is 2.93. The molecule has 0 amide bonds. The molecule has 1 aromatic rings. The summed E-state index contributed by atoms with van der Waals surface area (Å²) in [7, 11) is 0.857. The van der Waals surface area contributed by atoms with Crippen LogP contribution in [0, 0.1) is 17.5 Å². The summed E-state index contributed by atoms with van der Waals surface area (Å²) in [6, 6.07) is 0.109. The molecule has 6 heteroatoms. The van der Waals surface area contributed by atoms with Gasteiger partial charge in [0.2, 0.25) is 5.82 Å². The molecule has 0 unspecified atom stereocenters. The lowest BCUT2D eigenvalue weighted by Crippen LogP contribution is -2.01. The minimum absolute atomic E-state index is 0.109. The van der Waals surface area contributed by atoms with Gasteiger partial charge in [0.15, 0.2) is 17.4 Å². The molecule has 0 aliphatic rings. The van der Waals surface area contributed by atoms with Gasteiger partial charge in [0, 0.05) is 0 Å². The van der Waals surface area contributed by atoms with E-state index >= 15 is 0 Å². The lowest BCUT2D eigenvalue weighted by Gasteiger charge is -2.08. The highest BCUT2D eigenvalue weighted by Crippen LogP contribution is 2.32. The van der Waals surface area contributed by atoms with Gasteiger partial charge in [-0.1, -0.05) is 0 Å². The summed E-state index contributed by atoms with van der Waals surface area (Å²) in [6.07, 6.45) is -3.22. The Bertz CT molecular complexity index is 350. The number of rotatable bonds is 2. The van der Waals surface area contributed by atoms with E-state index < -0.39 is 35.2 Å². The Morgan fingerprint density at radius 3 is 2.14 bits per heavy atom. The van der Waals surface area contributed by atoms with Crippen LogP contribution in [0.5, 0.6) is 5.75 Å². The van der Waals surface area contributed by atoms with Crippen LogP contribution in [0.15, 0.2) is 6.07 Å². The van der Waals surface area contributed by atoms with Crippen molar-refractivity contribution in [3.05, 3.63) is 29.1 Å². The predicted molar refractivity (Wildman–Crippen MR) is 37.8 cm³/mol. The molecule has 1 rings (SSSR count). The minimum Gasteiger partial charge on any atom is -0.491 e. The van der Waals surface area contributed by atoms with Crippen molar-refractivity contribution >= 4 is 0 Å². The lowest BCUT2D eigenvalue weighted by molar-refractivity contribution is 0.144. The summed E-state index contributed by atoms with van der Waals surface area (Å²) < 4.78 is 66.6. The molecule has 0 saturated heterocycles. The highest BCUT2D eigenvalue weighted by molar-refractivity contribution is 5.34. The molecule has 0 aromatic heterocycles. The maximum absolute atomic E-state index is 13.0. The zero-order valence-corrected chi connectivity index (χ0v) is 6.95. The van der Waals surface area contributed by atoms with Crippen molar-refractivity contribution in [2.75, 3.05) is 7.11 Å². The molecule has 0 radical (unpaired) electrons. The van der Waals surface area contributed by atoms with Crippen molar-refractivity contribution < 1.29 is 26.7 Å². The maximum atomic E-state index is 13.0. The van der Waals surface area contributed by atoms with Crippen molar-refractivity contribution in [3.8, 4) is 5.75 Å². The Balaban J connectivity index is 3.42. The molecule has 0 atom stereocenters. The lowest BCUT2D eigenvalue weighted by atomic mass is 10.2. The topological polar surface area (TPSA) is 9.23 Å². The third kappa shape index (κ3) is 1.64. The van der Waals surface area contributed by atoms with Crippen LogP contribution >= 0.6 is 0 Å². The van der Waals surface area contributed by atoms with Crippen molar-refractivity contribution in [2.24, 2.45) is 0 Å². The Hall–Kier alpha value is -1.33. The molecule has 0 spiro atoms. The summed E-state index contributed by atoms with van der Waals surface area (Å²) >= 11 is 0. The number of methoxy groups -OCH3 is 1. The van der Waals surface area contributed by atoms with E-state index in [1.54, 1.807) is 0 Å². The van der Waals surface area contributed by atoms with Crippen molar-refractivity contribution in [3.63, 3.8) is 0 Å². The summed E-state index contributed by atoms with van der Waals surface area (Å²) in [5.74, 6) is -5.91. The van der Waals surface area contributed by atoms with Gasteiger partial charge in [0.1, 0.15) is 0 Å². The van der Waals surface area contributed by atoms with E-state index in [-0.39, 0.29) is 6.07 Å². The Labute approximate surface area is 76.1 Å². The second-order valence-electron chi connectivity index (χ2n) is 2.41. The molecule has 0 saturated carbocycles. The maximum Gasteiger partial charge on any atom is 0.266 e. The summed E-state index contributed by atoms with van der Waals surface area (Å²) in [5, 5.41) is 0. The van der Waals surface area contributed by atoms with Gasteiger partial charge in [-0.15, -0.1) is 0 Å². The zero-order valence-electron chi connectivity index (χ0n) is 6.95. The zero-order chi connectivity index (χ0) is 10.9. The summed E-state index contributed by atoms with van der Waals surface area (Å²) in [6.45, 7) is 0. The standard InChI is InChI=1S/C8H5F5O/c1-14-7-5(10)3(8(12)13)2-4(9)6(7)11/h2,8H,1H3. The fourth-order valence-electron chi connectivity index (χ4n) is 0.937. The molecule has 0 N–H and O–H groups in total. The quantitative estimate of drug-likeness (QED) is 0.540. The molecular weight excluding hydrogens is 207 g/mol. The van der Waals surface area contributed by atoms with E-state index in [1.807, 2.05) is 0 Å². The van der Waals surface area contributed by atoms with E-state index in [2.05, 4.69) is 4.74 Å². The van der Waals surface area contributed by atoms with Gasteiger partial charge in [-0.3, -0.25) is 0 Å². The molecule has 14 heavy (non-hydrogen) atoms. The third-order valence-corrected chi connectivity index (χ3v) is 1.58. The molecule has 1 aromatic carbocycles. The molecule has 0 fully saturated rings. The van der Waals surface area contributed by atoms with E-state index in [0.29, 0.717) is 0 Å². The van der Waals surface area contributed by atoms with Crippen molar-refractivity contribution in [1.82, 2.24) is 0 Å². The van der Waals surface area contributed by atoms with E-state index in [9.17, 15) is 22.0 Å². The molecular formula is C8H5F5O. The van der Waals surface area contributed by atoms with Crippen LogP contribution in [0.25, 0.3) is 0 Å². The van der Waals surface area contributed by atoms with Crippen LogP contribution in [-0.2, 0) is 0 Å². The minimum atomic E-state index is -3.22. The first-order chi connectivity index (χ1) is 6.49. The second kappa shape index (κ2) is 3.81. The number of alkyl halides is 2. The highest BCUT2D eigenvalue weighted by atomic mass is 19.3. The predicted octanol–water partition coefficient (Wildman–Crippen LogP) is 3.05. The van der Waals surface area contributed by atoms with Crippen LogP contribution in [0.4, 0.5) is 22.0 Å². The SMILES string of the molecule is COc1c(F)c(F)cc(C(F)F)c1F. The van der Waals surface area contributed by atoms with E-state index in [1.165, 1.54) is 0 Å². The van der Waals surface area contributed by atoms with Crippen LogP contribution in [0.2, 0.25) is 0 Å². The molecule has 0 heterocycles. The first kappa shape index (κ1) is 10.7. The summed E-state index contributed by atoms with van der Waals surface area (Å²) in [4.78, 5) is 0. The van der Waals surface area contributed by atoms with E-state index in [4.69, 9.17) is 0 Å². The Morgan fingerprint density at radius 2 is 1.71 bits per heavy atom. The normalized spacial score (nSPS) is 10.8. The van der Waals surface area contributed by atoms with Crippen LogP contribution in [0.1, 0.15) is 12.0 Å². The highest BCUT2D eigenvalue weighted by Gasteiger charge is 2.24. The average Bonchev–Trinajstić information content (AvgIpc) is 2.12. The molecule has 0 bridgehead atoms. The van der Waals surface area contributed by atoms with Gasteiger partial charge < -0.3 is 4.74 Å². The molecule has 78 valence electrons. The van der Waals surface area contributed by atoms with Gasteiger partial charge in [-0.25, -0.2) is 17.6 Å². The number of halogens is 5. The second-order valence-corrected chi connectivity index (χ2v) is 2.41. The fourth-order valence-corrected chi connectivity index (χ4v) is 0.937. The van der Waals surface area contributed by atoms with Gasteiger partial charge in [0.05, 0.1) is 12.7 Å². The van der Waals surface area contributed by atoms with Crippen LogP contribution < -0.4 is 4.74 Å². The monoisotopic (exact) mass is 212 g/mol. The number of hydrogen-bond donors (Lipinski definition) is 0. The fraction of sp³-hybridized carbons (Fsp3) is 0.250. The average molecular weight is 212 g/mol. The number of benzene rings is 1. The van der Waals surface area contributed by atoms with Crippen molar-refractivity contribution in [2.45, 2.75) is 6.43 Å². The first-order valence-corrected chi connectivity index (χ1v) is 3.48. The molecule has 1 nitrogen and oxygen atoms in total.